The molecule has 24 heavy (non-hydrogen) atoms. The van der Waals surface area contributed by atoms with Crippen molar-refractivity contribution in [3.63, 3.8) is 0 Å². The summed E-state index contributed by atoms with van der Waals surface area (Å²) in [6, 6.07) is 8.24. The molecule has 6 nitrogen and oxygen atoms in total. The van der Waals surface area contributed by atoms with Crippen LogP contribution >= 0.6 is 0 Å². The predicted octanol–water partition coefficient (Wildman–Crippen LogP) is 2.11. The molecule has 0 spiro atoms. The van der Waals surface area contributed by atoms with Crippen LogP contribution in [0.25, 0.3) is 0 Å². The van der Waals surface area contributed by atoms with Gasteiger partial charge in [-0.05, 0) is 44.2 Å². The summed E-state index contributed by atoms with van der Waals surface area (Å²) in [5.41, 5.74) is 8.15. The second-order valence-electron chi connectivity index (χ2n) is 5.53. The molecule has 0 radical (unpaired) electrons. The van der Waals surface area contributed by atoms with Crippen molar-refractivity contribution >= 4 is 11.7 Å². The number of methoxy groups -OCH3 is 1. The number of primary amides is 1. The SMILES string of the molecule is COCCn1c(C)cc(C(=O)COc2ccc(C(N)=O)cc2)c1C. The molecule has 0 aliphatic heterocycles. The number of ketones is 1. The van der Waals surface area contributed by atoms with Crippen LogP contribution in [0.2, 0.25) is 0 Å². The summed E-state index contributed by atoms with van der Waals surface area (Å²) in [5, 5.41) is 0. The molecule has 0 bridgehead atoms. The van der Waals surface area contributed by atoms with Crippen molar-refractivity contribution < 1.29 is 19.1 Å². The Kier molecular flexibility index (Phi) is 5.76. The van der Waals surface area contributed by atoms with Crippen LogP contribution in [0.3, 0.4) is 0 Å². The van der Waals surface area contributed by atoms with Gasteiger partial charge in [-0.25, -0.2) is 0 Å². The van der Waals surface area contributed by atoms with Crippen molar-refractivity contribution in [2.75, 3.05) is 20.3 Å². The van der Waals surface area contributed by atoms with Crippen LogP contribution in [0.1, 0.15) is 32.1 Å². The van der Waals surface area contributed by atoms with Gasteiger partial charge in [-0.2, -0.15) is 0 Å². The molecule has 2 rings (SSSR count). The first-order valence-corrected chi connectivity index (χ1v) is 7.65. The van der Waals surface area contributed by atoms with E-state index in [1.54, 1.807) is 31.4 Å². The van der Waals surface area contributed by atoms with Gasteiger partial charge in [-0.15, -0.1) is 0 Å². The maximum absolute atomic E-state index is 12.4. The number of nitrogens with two attached hydrogens (primary N) is 1. The van der Waals surface area contributed by atoms with Gasteiger partial charge in [0.05, 0.1) is 6.61 Å². The van der Waals surface area contributed by atoms with E-state index in [1.165, 1.54) is 0 Å². The molecule has 0 fully saturated rings. The lowest BCUT2D eigenvalue weighted by Crippen LogP contribution is -2.14. The standard InChI is InChI=1S/C18H22N2O4/c1-12-10-16(13(2)20(12)8-9-23-3)17(21)11-24-15-6-4-14(5-7-15)18(19)22/h4-7,10H,8-9,11H2,1-3H3,(H2,19,22). The Morgan fingerprint density at radius 3 is 2.42 bits per heavy atom. The number of rotatable bonds is 8. The first-order chi connectivity index (χ1) is 11.4. The van der Waals surface area contributed by atoms with Gasteiger partial charge in [0.2, 0.25) is 11.7 Å². The second kappa shape index (κ2) is 7.79. The number of aryl methyl sites for hydroxylation is 1. The molecule has 1 heterocycles. The van der Waals surface area contributed by atoms with Gasteiger partial charge in [0.15, 0.2) is 6.61 Å². The van der Waals surface area contributed by atoms with Gasteiger partial charge in [0.1, 0.15) is 5.75 Å². The summed E-state index contributed by atoms with van der Waals surface area (Å²) in [5.74, 6) is -0.0755. The number of carbonyl (C=O) groups is 2. The number of ether oxygens (including phenoxy) is 2. The lowest BCUT2D eigenvalue weighted by Gasteiger charge is -2.09. The van der Waals surface area contributed by atoms with Gasteiger partial charge in [0.25, 0.3) is 0 Å². The Hall–Kier alpha value is -2.60. The topological polar surface area (TPSA) is 83.6 Å². The Morgan fingerprint density at radius 2 is 1.83 bits per heavy atom. The number of Topliss-reactive ketones (excluding diaryl/α,β-unsaturated/α-hetero) is 1. The summed E-state index contributed by atoms with van der Waals surface area (Å²) in [7, 11) is 1.65. The Bertz CT molecular complexity index is 732. The van der Waals surface area contributed by atoms with Crippen LogP contribution in [0.4, 0.5) is 0 Å². The first kappa shape index (κ1) is 17.7. The highest BCUT2D eigenvalue weighted by Gasteiger charge is 2.16. The molecule has 1 aromatic heterocycles. The molecular formula is C18H22N2O4. The number of hydrogen-bond acceptors (Lipinski definition) is 4. The third-order valence-corrected chi connectivity index (χ3v) is 3.90. The molecule has 2 aromatic rings. The second-order valence-corrected chi connectivity index (χ2v) is 5.53. The minimum absolute atomic E-state index is 0.0650. The fourth-order valence-electron chi connectivity index (χ4n) is 2.55. The van der Waals surface area contributed by atoms with Crippen LogP contribution in [-0.2, 0) is 11.3 Å². The molecule has 0 saturated heterocycles. The fraction of sp³-hybridized carbons (Fsp3) is 0.333. The molecule has 6 heteroatoms. The fourth-order valence-corrected chi connectivity index (χ4v) is 2.55. The maximum Gasteiger partial charge on any atom is 0.248 e. The lowest BCUT2D eigenvalue weighted by molar-refractivity contribution is 0.0919. The zero-order valence-electron chi connectivity index (χ0n) is 14.2. The van der Waals surface area contributed by atoms with Crippen LogP contribution in [-0.4, -0.2) is 36.6 Å². The number of hydrogen-bond donors (Lipinski definition) is 1. The van der Waals surface area contributed by atoms with Gasteiger partial charge >= 0.3 is 0 Å². The van der Waals surface area contributed by atoms with E-state index in [0.29, 0.717) is 30.0 Å². The van der Waals surface area contributed by atoms with E-state index in [2.05, 4.69) is 4.57 Å². The summed E-state index contributed by atoms with van der Waals surface area (Å²) < 4.78 is 12.7. The maximum atomic E-state index is 12.4. The van der Waals surface area contributed by atoms with E-state index in [4.69, 9.17) is 15.2 Å². The zero-order chi connectivity index (χ0) is 17.7. The third kappa shape index (κ3) is 4.02. The molecule has 0 atom stereocenters. The van der Waals surface area contributed by atoms with E-state index in [-0.39, 0.29) is 12.4 Å². The number of benzene rings is 1. The monoisotopic (exact) mass is 330 g/mol. The van der Waals surface area contributed by atoms with Crippen molar-refractivity contribution in [2.24, 2.45) is 5.73 Å². The summed E-state index contributed by atoms with van der Waals surface area (Å²) >= 11 is 0. The van der Waals surface area contributed by atoms with Crippen molar-refractivity contribution in [1.82, 2.24) is 4.57 Å². The normalized spacial score (nSPS) is 10.6. The molecule has 0 saturated carbocycles. The number of nitrogens with zero attached hydrogens (tertiary/aromatic N) is 1. The minimum atomic E-state index is -0.499. The largest absolute Gasteiger partial charge is 0.485 e. The van der Waals surface area contributed by atoms with E-state index < -0.39 is 5.91 Å². The van der Waals surface area contributed by atoms with Crippen molar-refractivity contribution in [2.45, 2.75) is 20.4 Å². The average molecular weight is 330 g/mol. The van der Waals surface area contributed by atoms with Crippen molar-refractivity contribution in [3.05, 3.63) is 52.8 Å². The lowest BCUT2D eigenvalue weighted by atomic mass is 10.1. The smallest absolute Gasteiger partial charge is 0.248 e. The molecule has 0 unspecified atom stereocenters. The van der Waals surface area contributed by atoms with E-state index in [0.717, 1.165) is 11.4 Å². The molecular weight excluding hydrogens is 308 g/mol. The van der Waals surface area contributed by atoms with Gasteiger partial charge < -0.3 is 19.8 Å². The number of amides is 1. The summed E-state index contributed by atoms with van der Waals surface area (Å²) in [4.78, 5) is 23.4. The van der Waals surface area contributed by atoms with Crippen molar-refractivity contribution in [3.8, 4) is 5.75 Å². The molecule has 0 aliphatic carbocycles. The summed E-state index contributed by atoms with van der Waals surface area (Å²) in [6.07, 6.45) is 0. The number of carbonyl (C=O) groups excluding carboxylic acids is 2. The quantitative estimate of drug-likeness (QED) is 0.751. The molecule has 0 aliphatic rings. The van der Waals surface area contributed by atoms with Crippen molar-refractivity contribution in [1.29, 1.82) is 0 Å². The van der Waals surface area contributed by atoms with E-state index in [1.807, 2.05) is 19.9 Å². The summed E-state index contributed by atoms with van der Waals surface area (Å²) in [6.45, 7) is 5.11. The molecule has 1 amide bonds. The van der Waals surface area contributed by atoms with Crippen LogP contribution in [0, 0.1) is 13.8 Å². The minimum Gasteiger partial charge on any atom is -0.485 e. The Morgan fingerprint density at radius 1 is 1.17 bits per heavy atom. The first-order valence-electron chi connectivity index (χ1n) is 7.65. The Balaban J connectivity index is 2.03. The molecule has 128 valence electrons. The Labute approximate surface area is 141 Å². The van der Waals surface area contributed by atoms with Crippen LogP contribution in [0.5, 0.6) is 5.75 Å². The average Bonchev–Trinajstić information content (AvgIpc) is 2.85. The highest BCUT2D eigenvalue weighted by molar-refractivity contribution is 5.98. The molecule has 1 aromatic carbocycles. The van der Waals surface area contributed by atoms with Crippen LogP contribution < -0.4 is 10.5 Å². The highest BCUT2D eigenvalue weighted by Crippen LogP contribution is 2.17. The van der Waals surface area contributed by atoms with Crippen LogP contribution in [0.15, 0.2) is 30.3 Å². The highest BCUT2D eigenvalue weighted by atomic mass is 16.5. The van der Waals surface area contributed by atoms with Gasteiger partial charge in [-0.1, -0.05) is 0 Å². The predicted molar refractivity (Wildman–Crippen MR) is 90.6 cm³/mol. The number of aromatic nitrogens is 1. The van der Waals surface area contributed by atoms with E-state index >= 15 is 0 Å². The van der Waals surface area contributed by atoms with E-state index in [9.17, 15) is 9.59 Å². The third-order valence-electron chi connectivity index (χ3n) is 3.90. The zero-order valence-corrected chi connectivity index (χ0v) is 14.2. The molecule has 2 N–H and O–H groups in total. The van der Waals surface area contributed by atoms with Gasteiger partial charge in [0, 0.05) is 36.2 Å². The van der Waals surface area contributed by atoms with Gasteiger partial charge in [-0.3, -0.25) is 9.59 Å².